The summed E-state index contributed by atoms with van der Waals surface area (Å²) in [5, 5.41) is 8.56. The highest BCUT2D eigenvalue weighted by atomic mass is 16.4. The van der Waals surface area contributed by atoms with Crippen molar-refractivity contribution in [1.82, 2.24) is 4.98 Å². The fourth-order valence-corrected chi connectivity index (χ4v) is 2.20. The highest BCUT2D eigenvalue weighted by Crippen LogP contribution is 2.16. The first-order chi connectivity index (χ1) is 10.9. The van der Waals surface area contributed by atoms with Gasteiger partial charge in [0.15, 0.2) is 11.6 Å². The molecule has 0 unspecified atom stereocenters. The number of hydrogen-bond donors (Lipinski definition) is 2. The molecule has 0 saturated heterocycles. The number of carboxylic acids is 1. The SMILES string of the molecule is CC(=O)c1ccc(Cc2cc[nH]c2C(=O)CC(=O)C(=O)O)cc1. The number of Topliss-reactive ketones (excluding diaryl/α,β-unsaturated/α-hetero) is 3. The van der Waals surface area contributed by atoms with Crippen LogP contribution in [0.3, 0.4) is 0 Å². The molecule has 2 N–H and O–H groups in total. The third kappa shape index (κ3) is 4.00. The maximum atomic E-state index is 12.0. The highest BCUT2D eigenvalue weighted by Gasteiger charge is 2.20. The monoisotopic (exact) mass is 313 g/mol. The van der Waals surface area contributed by atoms with E-state index in [1.807, 2.05) is 0 Å². The van der Waals surface area contributed by atoms with Crippen molar-refractivity contribution in [2.45, 2.75) is 19.8 Å². The molecule has 2 rings (SSSR count). The van der Waals surface area contributed by atoms with E-state index in [-0.39, 0.29) is 11.5 Å². The second kappa shape index (κ2) is 6.83. The van der Waals surface area contributed by atoms with Gasteiger partial charge in [0.1, 0.15) is 0 Å². The van der Waals surface area contributed by atoms with E-state index in [4.69, 9.17) is 5.11 Å². The maximum absolute atomic E-state index is 12.0. The number of benzene rings is 1. The zero-order chi connectivity index (χ0) is 17.0. The van der Waals surface area contributed by atoms with Crippen LogP contribution in [-0.2, 0) is 16.0 Å². The van der Waals surface area contributed by atoms with E-state index in [0.29, 0.717) is 17.5 Å². The molecular weight excluding hydrogens is 298 g/mol. The smallest absolute Gasteiger partial charge is 0.372 e. The molecule has 23 heavy (non-hydrogen) atoms. The fourth-order valence-electron chi connectivity index (χ4n) is 2.20. The Morgan fingerprint density at radius 1 is 1.04 bits per heavy atom. The second-order valence-corrected chi connectivity index (χ2v) is 5.14. The number of aromatic amines is 1. The van der Waals surface area contributed by atoms with Gasteiger partial charge in [0, 0.05) is 11.8 Å². The predicted molar refractivity (Wildman–Crippen MR) is 81.6 cm³/mol. The summed E-state index contributed by atoms with van der Waals surface area (Å²) in [4.78, 5) is 47.7. The van der Waals surface area contributed by atoms with Crippen molar-refractivity contribution in [1.29, 1.82) is 0 Å². The summed E-state index contributed by atoms with van der Waals surface area (Å²) in [5.74, 6) is -3.34. The fraction of sp³-hybridized carbons (Fsp3) is 0.176. The van der Waals surface area contributed by atoms with Crippen LogP contribution in [0.4, 0.5) is 0 Å². The zero-order valence-corrected chi connectivity index (χ0v) is 12.5. The number of carboxylic acid groups (broad SMARTS) is 1. The molecule has 2 aromatic rings. The van der Waals surface area contributed by atoms with E-state index in [1.165, 1.54) is 6.92 Å². The molecule has 0 aliphatic rings. The molecule has 0 bridgehead atoms. The van der Waals surface area contributed by atoms with Crippen LogP contribution in [0.2, 0.25) is 0 Å². The number of carbonyl (C=O) groups is 4. The topological polar surface area (TPSA) is 104 Å². The van der Waals surface area contributed by atoms with Gasteiger partial charge in [-0.1, -0.05) is 24.3 Å². The van der Waals surface area contributed by atoms with Crippen molar-refractivity contribution in [2.75, 3.05) is 0 Å². The van der Waals surface area contributed by atoms with Crippen LogP contribution in [0, 0.1) is 0 Å². The van der Waals surface area contributed by atoms with E-state index in [0.717, 1.165) is 5.56 Å². The number of aliphatic carboxylic acids is 1. The molecule has 0 fully saturated rings. The summed E-state index contributed by atoms with van der Waals surface area (Å²) in [6.07, 6.45) is 1.33. The van der Waals surface area contributed by atoms with Gasteiger partial charge in [-0.25, -0.2) is 4.79 Å². The number of rotatable bonds is 7. The van der Waals surface area contributed by atoms with Crippen LogP contribution in [0.1, 0.15) is 45.3 Å². The molecule has 0 aliphatic heterocycles. The molecule has 0 atom stereocenters. The minimum Gasteiger partial charge on any atom is -0.475 e. The number of aromatic nitrogens is 1. The molecule has 0 spiro atoms. The molecule has 0 amide bonds. The molecule has 6 heteroatoms. The van der Waals surface area contributed by atoms with Crippen LogP contribution < -0.4 is 0 Å². The Balaban J connectivity index is 2.14. The van der Waals surface area contributed by atoms with Crippen LogP contribution in [0.5, 0.6) is 0 Å². The van der Waals surface area contributed by atoms with E-state index in [1.54, 1.807) is 36.5 Å². The third-order valence-corrected chi connectivity index (χ3v) is 3.43. The number of nitrogens with one attached hydrogen (secondary N) is 1. The van der Waals surface area contributed by atoms with Crippen molar-refractivity contribution in [2.24, 2.45) is 0 Å². The van der Waals surface area contributed by atoms with Crippen LogP contribution in [0.15, 0.2) is 36.5 Å². The molecule has 118 valence electrons. The summed E-state index contributed by atoms with van der Waals surface area (Å²) in [6, 6.07) is 8.71. The molecule has 0 saturated carbocycles. The van der Waals surface area contributed by atoms with E-state index >= 15 is 0 Å². The number of hydrogen-bond acceptors (Lipinski definition) is 4. The molecule has 1 aromatic carbocycles. The van der Waals surface area contributed by atoms with Crippen molar-refractivity contribution < 1.29 is 24.3 Å². The average Bonchev–Trinajstić information content (AvgIpc) is 2.95. The molecule has 6 nitrogen and oxygen atoms in total. The van der Waals surface area contributed by atoms with Crippen molar-refractivity contribution in [3.05, 3.63) is 58.9 Å². The minimum absolute atomic E-state index is 0.0266. The Hall–Kier alpha value is -3.02. The van der Waals surface area contributed by atoms with Crippen molar-refractivity contribution in [3.63, 3.8) is 0 Å². The molecular formula is C17H15NO5. The normalized spacial score (nSPS) is 10.3. The average molecular weight is 313 g/mol. The number of H-pyrrole nitrogens is 1. The molecule has 0 aliphatic carbocycles. The first-order valence-electron chi connectivity index (χ1n) is 6.94. The Kier molecular flexibility index (Phi) is 4.85. The van der Waals surface area contributed by atoms with Gasteiger partial charge in [0.2, 0.25) is 5.78 Å². The van der Waals surface area contributed by atoms with Gasteiger partial charge in [-0.3, -0.25) is 14.4 Å². The standard InChI is InChI=1S/C17H15NO5/c1-10(19)12-4-2-11(3-5-12)8-13-6-7-18-16(13)14(20)9-15(21)17(22)23/h2-7,18H,8-9H2,1H3,(H,22,23). The summed E-state index contributed by atoms with van der Waals surface area (Å²) in [5.41, 5.74) is 2.40. The van der Waals surface area contributed by atoms with Gasteiger partial charge in [-0.2, -0.15) is 0 Å². The van der Waals surface area contributed by atoms with Gasteiger partial charge in [0.05, 0.1) is 12.1 Å². The first kappa shape index (κ1) is 16.4. The number of ketones is 3. The molecule has 0 radical (unpaired) electrons. The van der Waals surface area contributed by atoms with Crippen molar-refractivity contribution in [3.8, 4) is 0 Å². The quantitative estimate of drug-likeness (QED) is 0.462. The molecule has 1 aromatic heterocycles. The maximum Gasteiger partial charge on any atom is 0.372 e. The van der Waals surface area contributed by atoms with Gasteiger partial charge in [-0.15, -0.1) is 0 Å². The van der Waals surface area contributed by atoms with E-state index < -0.39 is 24.0 Å². The van der Waals surface area contributed by atoms with E-state index in [9.17, 15) is 19.2 Å². The summed E-state index contributed by atoms with van der Waals surface area (Å²) >= 11 is 0. The summed E-state index contributed by atoms with van der Waals surface area (Å²) < 4.78 is 0. The Morgan fingerprint density at radius 2 is 1.70 bits per heavy atom. The lowest BCUT2D eigenvalue weighted by Crippen LogP contribution is -2.18. The van der Waals surface area contributed by atoms with Gasteiger partial charge < -0.3 is 10.1 Å². The van der Waals surface area contributed by atoms with Crippen LogP contribution in [-0.4, -0.2) is 33.4 Å². The second-order valence-electron chi connectivity index (χ2n) is 5.14. The van der Waals surface area contributed by atoms with E-state index in [2.05, 4.69) is 4.98 Å². The highest BCUT2D eigenvalue weighted by molar-refractivity contribution is 6.37. The summed E-state index contributed by atoms with van der Waals surface area (Å²) in [7, 11) is 0. The van der Waals surface area contributed by atoms with Crippen molar-refractivity contribution >= 4 is 23.3 Å². The van der Waals surface area contributed by atoms with Gasteiger partial charge in [-0.05, 0) is 30.5 Å². The Morgan fingerprint density at radius 3 is 2.26 bits per heavy atom. The Labute approximate surface area is 132 Å². The third-order valence-electron chi connectivity index (χ3n) is 3.43. The van der Waals surface area contributed by atoms with Gasteiger partial charge in [0.25, 0.3) is 0 Å². The largest absolute Gasteiger partial charge is 0.475 e. The Bertz CT molecular complexity index is 771. The van der Waals surface area contributed by atoms with Crippen LogP contribution in [0.25, 0.3) is 0 Å². The lowest BCUT2D eigenvalue weighted by molar-refractivity contribution is -0.148. The lowest BCUT2D eigenvalue weighted by atomic mass is 10.0. The van der Waals surface area contributed by atoms with Crippen LogP contribution >= 0.6 is 0 Å². The minimum atomic E-state index is -1.62. The van der Waals surface area contributed by atoms with Gasteiger partial charge >= 0.3 is 5.97 Å². The molecule has 1 heterocycles. The predicted octanol–water partition coefficient (Wildman–Crippen LogP) is 2.03. The first-order valence-corrected chi connectivity index (χ1v) is 6.94. The number of carbonyl (C=O) groups excluding carboxylic acids is 3. The lowest BCUT2D eigenvalue weighted by Gasteiger charge is -2.04. The zero-order valence-electron chi connectivity index (χ0n) is 12.5. The summed E-state index contributed by atoms with van der Waals surface area (Å²) in [6.45, 7) is 1.48.